The Morgan fingerprint density at radius 3 is 2.65 bits per heavy atom. The first-order valence-corrected chi connectivity index (χ1v) is 8.16. The molecule has 0 spiro atoms. The third-order valence-electron chi connectivity index (χ3n) is 3.56. The van der Waals surface area contributed by atoms with Crippen molar-refractivity contribution in [2.45, 2.75) is 6.54 Å². The zero-order valence-electron chi connectivity index (χ0n) is 13.6. The molecular weight excluding hydrogens is 350 g/mol. The second-order valence-electron chi connectivity index (χ2n) is 5.40. The normalized spacial score (nSPS) is 10.0. The molecule has 0 saturated carbocycles. The van der Waals surface area contributed by atoms with Gasteiger partial charge in [0.15, 0.2) is 11.5 Å². The molecule has 6 nitrogen and oxygen atoms in total. The van der Waals surface area contributed by atoms with Crippen molar-refractivity contribution in [2.75, 3.05) is 5.32 Å². The van der Waals surface area contributed by atoms with Gasteiger partial charge in [-0.3, -0.25) is 4.79 Å². The highest BCUT2D eigenvalue weighted by molar-refractivity contribution is 6.31. The van der Waals surface area contributed by atoms with Gasteiger partial charge in [0, 0.05) is 17.3 Å². The number of hydrogen-bond donors (Lipinski definition) is 2. The second-order valence-corrected chi connectivity index (χ2v) is 5.80. The summed E-state index contributed by atoms with van der Waals surface area (Å²) in [5, 5.41) is 23.2. The van der Waals surface area contributed by atoms with Crippen LogP contribution in [-0.2, 0) is 6.54 Å². The van der Waals surface area contributed by atoms with Crippen molar-refractivity contribution in [1.29, 1.82) is 5.26 Å². The van der Waals surface area contributed by atoms with Crippen molar-refractivity contribution in [1.82, 2.24) is 15.5 Å². The van der Waals surface area contributed by atoms with E-state index in [-0.39, 0.29) is 11.6 Å². The topological polar surface area (TPSA) is 90.7 Å². The third-order valence-corrected chi connectivity index (χ3v) is 3.93. The predicted octanol–water partition coefficient (Wildman–Crippen LogP) is 3.68. The molecule has 1 amide bonds. The van der Waals surface area contributed by atoms with Crippen LogP contribution in [0.3, 0.4) is 0 Å². The summed E-state index contributed by atoms with van der Waals surface area (Å²) in [5.41, 5.74) is 2.28. The molecule has 2 aromatic carbocycles. The van der Waals surface area contributed by atoms with Gasteiger partial charge < -0.3 is 10.6 Å². The van der Waals surface area contributed by atoms with Crippen LogP contribution in [-0.4, -0.2) is 16.1 Å². The Morgan fingerprint density at radius 1 is 1.08 bits per heavy atom. The first-order valence-electron chi connectivity index (χ1n) is 7.78. The van der Waals surface area contributed by atoms with E-state index in [1.54, 1.807) is 36.4 Å². The van der Waals surface area contributed by atoms with Crippen molar-refractivity contribution < 1.29 is 4.79 Å². The molecule has 1 heterocycles. The van der Waals surface area contributed by atoms with Crippen LogP contribution in [0.4, 0.5) is 11.5 Å². The number of nitriles is 1. The van der Waals surface area contributed by atoms with Crippen molar-refractivity contribution in [2.24, 2.45) is 0 Å². The lowest BCUT2D eigenvalue weighted by atomic mass is 10.2. The van der Waals surface area contributed by atoms with E-state index in [1.807, 2.05) is 24.3 Å². The fraction of sp³-hybridized carbons (Fsp3) is 0.0526. The van der Waals surface area contributed by atoms with E-state index >= 15 is 0 Å². The van der Waals surface area contributed by atoms with Crippen LogP contribution in [0.5, 0.6) is 0 Å². The highest BCUT2D eigenvalue weighted by Crippen LogP contribution is 2.16. The predicted molar refractivity (Wildman–Crippen MR) is 99.1 cm³/mol. The molecule has 0 saturated heterocycles. The maximum Gasteiger partial charge on any atom is 0.272 e. The molecule has 3 rings (SSSR count). The summed E-state index contributed by atoms with van der Waals surface area (Å²) in [6, 6.07) is 19.6. The summed E-state index contributed by atoms with van der Waals surface area (Å²) in [6.45, 7) is 0.307. The number of hydrogen-bond acceptors (Lipinski definition) is 5. The molecule has 2 N–H and O–H groups in total. The lowest BCUT2D eigenvalue weighted by Gasteiger charge is -2.07. The van der Waals surface area contributed by atoms with Gasteiger partial charge in [-0.1, -0.05) is 35.9 Å². The van der Waals surface area contributed by atoms with Crippen LogP contribution < -0.4 is 10.6 Å². The van der Waals surface area contributed by atoms with Gasteiger partial charge in [0.25, 0.3) is 5.91 Å². The molecule has 7 heteroatoms. The third kappa shape index (κ3) is 4.35. The summed E-state index contributed by atoms with van der Waals surface area (Å²) in [6.07, 6.45) is 0. The van der Waals surface area contributed by atoms with Gasteiger partial charge in [0.2, 0.25) is 0 Å². The fourth-order valence-corrected chi connectivity index (χ4v) is 2.44. The number of nitrogens with zero attached hydrogens (tertiary/aromatic N) is 3. The monoisotopic (exact) mass is 363 g/mol. The zero-order chi connectivity index (χ0) is 18.4. The van der Waals surface area contributed by atoms with Gasteiger partial charge in [0.1, 0.15) is 0 Å². The van der Waals surface area contributed by atoms with Crippen molar-refractivity contribution >= 4 is 29.0 Å². The van der Waals surface area contributed by atoms with Crippen molar-refractivity contribution in [3.63, 3.8) is 0 Å². The van der Waals surface area contributed by atoms with E-state index in [4.69, 9.17) is 16.9 Å². The molecule has 0 bridgehead atoms. The molecule has 3 aromatic rings. The first-order chi connectivity index (χ1) is 12.7. The molecular formula is C19H14ClN5O. The minimum Gasteiger partial charge on any atom is -0.347 e. The van der Waals surface area contributed by atoms with Gasteiger partial charge in [-0.05, 0) is 42.0 Å². The maximum absolute atomic E-state index is 12.2. The SMILES string of the molecule is N#Cc1cccc(Nc2ccc(C(=O)NCc3ccccc3Cl)nn2)c1. The molecule has 0 radical (unpaired) electrons. The number of anilines is 2. The number of carbonyl (C=O) groups excluding carboxylic acids is 1. The molecule has 0 aliphatic carbocycles. The largest absolute Gasteiger partial charge is 0.347 e. The second kappa shape index (κ2) is 8.10. The van der Waals surface area contributed by atoms with E-state index in [1.165, 1.54) is 0 Å². The number of amides is 1. The van der Waals surface area contributed by atoms with Crippen molar-refractivity contribution in [3.8, 4) is 6.07 Å². The molecule has 128 valence electrons. The number of aromatic nitrogens is 2. The van der Waals surface area contributed by atoms with Gasteiger partial charge in [-0.2, -0.15) is 5.26 Å². The standard InChI is InChI=1S/C19H14ClN5O/c20-16-7-2-1-5-14(16)12-22-19(26)17-8-9-18(25-24-17)23-15-6-3-4-13(10-15)11-21/h1-10H,12H2,(H,22,26)(H,23,25). The van der Waals surface area contributed by atoms with E-state index in [0.29, 0.717) is 28.6 Å². The van der Waals surface area contributed by atoms with Crippen LogP contribution in [0, 0.1) is 11.3 Å². The van der Waals surface area contributed by atoms with E-state index < -0.39 is 0 Å². The maximum atomic E-state index is 12.2. The van der Waals surface area contributed by atoms with E-state index in [2.05, 4.69) is 26.9 Å². The Labute approximate surface area is 155 Å². The minimum atomic E-state index is -0.338. The number of benzene rings is 2. The molecule has 0 atom stereocenters. The number of carbonyl (C=O) groups is 1. The quantitative estimate of drug-likeness (QED) is 0.721. The van der Waals surface area contributed by atoms with Gasteiger partial charge in [-0.25, -0.2) is 0 Å². The minimum absolute atomic E-state index is 0.202. The van der Waals surface area contributed by atoms with Crippen LogP contribution in [0.15, 0.2) is 60.7 Å². The Bertz CT molecular complexity index is 966. The number of nitrogens with one attached hydrogen (secondary N) is 2. The number of halogens is 1. The van der Waals surface area contributed by atoms with Crippen LogP contribution in [0.2, 0.25) is 5.02 Å². The first kappa shape index (κ1) is 17.4. The van der Waals surface area contributed by atoms with E-state index in [9.17, 15) is 4.79 Å². The molecule has 26 heavy (non-hydrogen) atoms. The van der Waals surface area contributed by atoms with Gasteiger partial charge in [-0.15, -0.1) is 10.2 Å². The van der Waals surface area contributed by atoms with Gasteiger partial charge in [0.05, 0.1) is 11.6 Å². The summed E-state index contributed by atoms with van der Waals surface area (Å²) in [7, 11) is 0. The fourth-order valence-electron chi connectivity index (χ4n) is 2.24. The number of rotatable bonds is 5. The molecule has 0 fully saturated rings. The summed E-state index contributed by atoms with van der Waals surface area (Å²) in [5.74, 6) is 0.137. The van der Waals surface area contributed by atoms with Crippen LogP contribution >= 0.6 is 11.6 Å². The lowest BCUT2D eigenvalue weighted by molar-refractivity contribution is 0.0945. The molecule has 0 aliphatic heterocycles. The van der Waals surface area contributed by atoms with E-state index in [0.717, 1.165) is 5.56 Å². The average molecular weight is 364 g/mol. The Kier molecular flexibility index (Phi) is 5.42. The summed E-state index contributed by atoms with van der Waals surface area (Å²) in [4.78, 5) is 12.2. The smallest absolute Gasteiger partial charge is 0.272 e. The molecule has 0 aliphatic rings. The average Bonchev–Trinajstić information content (AvgIpc) is 2.68. The Morgan fingerprint density at radius 2 is 1.92 bits per heavy atom. The Balaban J connectivity index is 1.62. The van der Waals surface area contributed by atoms with Crippen LogP contribution in [0.1, 0.15) is 21.6 Å². The lowest BCUT2D eigenvalue weighted by Crippen LogP contribution is -2.24. The molecule has 1 aromatic heterocycles. The summed E-state index contributed by atoms with van der Waals surface area (Å²) < 4.78 is 0. The highest BCUT2D eigenvalue weighted by atomic mass is 35.5. The zero-order valence-corrected chi connectivity index (χ0v) is 14.4. The van der Waals surface area contributed by atoms with Crippen molar-refractivity contribution in [3.05, 3.63) is 82.5 Å². The summed E-state index contributed by atoms with van der Waals surface area (Å²) >= 11 is 6.07. The van der Waals surface area contributed by atoms with Crippen LogP contribution in [0.25, 0.3) is 0 Å². The highest BCUT2D eigenvalue weighted by Gasteiger charge is 2.09. The van der Waals surface area contributed by atoms with Gasteiger partial charge >= 0.3 is 0 Å². The Hall–Kier alpha value is -3.43. The molecule has 0 unspecified atom stereocenters.